The first-order chi connectivity index (χ1) is 12.8. The van der Waals surface area contributed by atoms with Crippen LogP contribution < -0.4 is 0 Å². The molecule has 3 heteroatoms. The smallest absolute Gasteiger partial charge is 0.123 e. The molecule has 2 N–H and O–H groups in total. The minimum Gasteiger partial charge on any atom is -0.507 e. The fraction of sp³-hybridized carbons (Fsp3) is 0.348. The number of nitrogens with zero attached hydrogens (tertiary/aromatic N) is 1. The van der Waals surface area contributed by atoms with Gasteiger partial charge in [0.25, 0.3) is 0 Å². The fourth-order valence-corrected chi connectivity index (χ4v) is 4.35. The number of fused-ring (bicyclic) bond motifs is 1. The normalized spacial score (nSPS) is 18.8. The highest BCUT2D eigenvalue weighted by Gasteiger charge is 2.31. The van der Waals surface area contributed by atoms with Gasteiger partial charge in [0.15, 0.2) is 0 Å². The molecule has 3 nitrogen and oxygen atoms in total. The van der Waals surface area contributed by atoms with E-state index in [-0.39, 0.29) is 0 Å². The van der Waals surface area contributed by atoms with Crippen LogP contribution in [0, 0.1) is 0 Å². The number of phenols is 1. The minimum atomic E-state index is 0.344. The van der Waals surface area contributed by atoms with Crippen molar-refractivity contribution < 1.29 is 5.11 Å². The molecule has 0 saturated carbocycles. The number of para-hydroxylation sites is 1. The Morgan fingerprint density at radius 1 is 1.12 bits per heavy atom. The quantitative estimate of drug-likeness (QED) is 0.594. The monoisotopic (exact) mass is 346 g/mol. The Morgan fingerprint density at radius 2 is 2.00 bits per heavy atom. The number of phenolic OH excluding ortho intramolecular Hbond substituents is 1. The molecule has 0 saturated heterocycles. The van der Waals surface area contributed by atoms with Crippen LogP contribution in [0.4, 0.5) is 0 Å². The molecular weight excluding hydrogens is 320 g/mol. The van der Waals surface area contributed by atoms with Crippen molar-refractivity contribution >= 4 is 0 Å². The van der Waals surface area contributed by atoms with Crippen LogP contribution in [0.15, 0.2) is 55.0 Å². The van der Waals surface area contributed by atoms with Crippen molar-refractivity contribution in [2.45, 2.75) is 50.9 Å². The molecule has 0 radical (unpaired) electrons. The number of rotatable bonds is 6. The van der Waals surface area contributed by atoms with Gasteiger partial charge in [0.1, 0.15) is 5.75 Å². The van der Waals surface area contributed by atoms with E-state index in [1.807, 2.05) is 24.4 Å². The van der Waals surface area contributed by atoms with E-state index in [2.05, 4.69) is 35.1 Å². The number of aromatic nitrogens is 2. The van der Waals surface area contributed by atoms with E-state index in [0.29, 0.717) is 17.6 Å². The van der Waals surface area contributed by atoms with Gasteiger partial charge < -0.3 is 10.1 Å². The molecule has 0 fully saturated rings. The number of imidazole rings is 1. The van der Waals surface area contributed by atoms with Crippen molar-refractivity contribution in [3.63, 3.8) is 0 Å². The molecule has 2 atom stereocenters. The van der Waals surface area contributed by atoms with Crippen molar-refractivity contribution in [2.24, 2.45) is 0 Å². The lowest BCUT2D eigenvalue weighted by atomic mass is 9.93. The Kier molecular flexibility index (Phi) is 4.79. The lowest BCUT2D eigenvalue weighted by Crippen LogP contribution is -2.00. The molecule has 1 heterocycles. The average Bonchev–Trinajstić information content (AvgIpc) is 3.29. The van der Waals surface area contributed by atoms with E-state index in [1.54, 1.807) is 12.4 Å². The van der Waals surface area contributed by atoms with E-state index in [1.165, 1.54) is 36.8 Å². The van der Waals surface area contributed by atoms with Gasteiger partial charge in [-0.05, 0) is 53.9 Å². The minimum absolute atomic E-state index is 0.344. The number of hydrogen-bond acceptors (Lipinski definition) is 2. The van der Waals surface area contributed by atoms with Gasteiger partial charge in [-0.1, -0.05) is 56.2 Å². The van der Waals surface area contributed by atoms with Crippen molar-refractivity contribution in [2.75, 3.05) is 0 Å². The highest BCUT2D eigenvalue weighted by atomic mass is 16.3. The van der Waals surface area contributed by atoms with Gasteiger partial charge in [-0.3, -0.25) is 0 Å². The summed E-state index contributed by atoms with van der Waals surface area (Å²) >= 11 is 0. The van der Waals surface area contributed by atoms with Gasteiger partial charge in [-0.15, -0.1) is 0 Å². The van der Waals surface area contributed by atoms with Gasteiger partial charge in [0.05, 0.1) is 12.0 Å². The van der Waals surface area contributed by atoms with Crippen LogP contribution >= 0.6 is 0 Å². The van der Waals surface area contributed by atoms with E-state index in [0.717, 1.165) is 23.2 Å². The van der Waals surface area contributed by atoms with Crippen LogP contribution in [0.2, 0.25) is 0 Å². The summed E-state index contributed by atoms with van der Waals surface area (Å²) in [6, 6.07) is 14.4. The number of H-pyrrole nitrogens is 1. The molecule has 0 aliphatic heterocycles. The molecule has 0 bridgehead atoms. The topological polar surface area (TPSA) is 48.9 Å². The Hall–Kier alpha value is -2.55. The number of unbranched alkanes of at least 4 members (excludes halogenated alkanes) is 1. The third-order valence-corrected chi connectivity index (χ3v) is 5.67. The molecular formula is C23H26N2O. The van der Waals surface area contributed by atoms with Crippen LogP contribution in [0.25, 0.3) is 11.1 Å². The second-order valence-electron chi connectivity index (χ2n) is 7.40. The zero-order valence-corrected chi connectivity index (χ0v) is 15.3. The van der Waals surface area contributed by atoms with Crippen LogP contribution in [0.1, 0.15) is 61.3 Å². The van der Waals surface area contributed by atoms with E-state index >= 15 is 0 Å². The second kappa shape index (κ2) is 7.36. The molecule has 2 unspecified atom stereocenters. The zero-order chi connectivity index (χ0) is 17.9. The van der Waals surface area contributed by atoms with E-state index in [9.17, 15) is 5.11 Å². The number of benzene rings is 2. The predicted octanol–water partition coefficient (Wildman–Crippen LogP) is 5.79. The standard InChI is InChI=1S/C23H26N2O/c1-2-3-6-16-11-18(12-19-14-24-15-25-19)22-13-17(9-10-20(16)22)21-7-4-5-8-23(21)26/h4-5,7-10,13-16,18,26H,2-3,6,11-12H2,1H3,(H,24,25). The largest absolute Gasteiger partial charge is 0.507 e. The molecule has 4 rings (SSSR count). The third kappa shape index (κ3) is 3.26. The maximum atomic E-state index is 10.2. The summed E-state index contributed by atoms with van der Waals surface area (Å²) in [7, 11) is 0. The van der Waals surface area contributed by atoms with Crippen LogP contribution in [-0.2, 0) is 6.42 Å². The fourth-order valence-electron chi connectivity index (χ4n) is 4.35. The van der Waals surface area contributed by atoms with Crippen LogP contribution in [-0.4, -0.2) is 15.1 Å². The summed E-state index contributed by atoms with van der Waals surface area (Å²) in [5, 5.41) is 10.2. The number of hydrogen-bond donors (Lipinski definition) is 2. The van der Waals surface area contributed by atoms with Gasteiger partial charge >= 0.3 is 0 Å². The summed E-state index contributed by atoms with van der Waals surface area (Å²) in [4.78, 5) is 7.51. The molecule has 26 heavy (non-hydrogen) atoms. The lowest BCUT2D eigenvalue weighted by Gasteiger charge is -2.12. The molecule has 1 aliphatic rings. The molecule has 0 amide bonds. The highest BCUT2D eigenvalue weighted by molar-refractivity contribution is 5.71. The highest BCUT2D eigenvalue weighted by Crippen LogP contribution is 2.47. The first-order valence-electron chi connectivity index (χ1n) is 9.66. The van der Waals surface area contributed by atoms with Gasteiger partial charge in [0, 0.05) is 11.8 Å². The summed E-state index contributed by atoms with van der Waals surface area (Å²) in [6.07, 6.45) is 9.72. The number of nitrogens with one attached hydrogen (secondary N) is 1. The molecule has 3 aromatic rings. The maximum absolute atomic E-state index is 10.2. The zero-order valence-electron chi connectivity index (χ0n) is 15.3. The van der Waals surface area contributed by atoms with E-state index < -0.39 is 0 Å². The first kappa shape index (κ1) is 16.9. The van der Waals surface area contributed by atoms with E-state index in [4.69, 9.17) is 0 Å². The molecule has 134 valence electrons. The third-order valence-electron chi connectivity index (χ3n) is 5.67. The number of aromatic hydroxyl groups is 1. The molecule has 1 aliphatic carbocycles. The van der Waals surface area contributed by atoms with Crippen molar-refractivity contribution in [1.29, 1.82) is 0 Å². The summed E-state index contributed by atoms with van der Waals surface area (Å²) in [6.45, 7) is 2.26. The summed E-state index contributed by atoms with van der Waals surface area (Å²) < 4.78 is 0. The summed E-state index contributed by atoms with van der Waals surface area (Å²) in [5.74, 6) is 1.49. The molecule has 0 spiro atoms. The van der Waals surface area contributed by atoms with Crippen molar-refractivity contribution in [1.82, 2.24) is 9.97 Å². The van der Waals surface area contributed by atoms with Gasteiger partial charge in [0.2, 0.25) is 0 Å². The van der Waals surface area contributed by atoms with Crippen LogP contribution in [0.5, 0.6) is 5.75 Å². The summed E-state index contributed by atoms with van der Waals surface area (Å²) in [5.41, 5.74) is 6.08. The first-order valence-corrected chi connectivity index (χ1v) is 9.66. The van der Waals surface area contributed by atoms with Gasteiger partial charge in [-0.2, -0.15) is 0 Å². The van der Waals surface area contributed by atoms with Gasteiger partial charge in [-0.25, -0.2) is 4.98 Å². The Balaban J connectivity index is 1.70. The maximum Gasteiger partial charge on any atom is 0.123 e. The predicted molar refractivity (Wildman–Crippen MR) is 105 cm³/mol. The van der Waals surface area contributed by atoms with Crippen LogP contribution in [0.3, 0.4) is 0 Å². The molecule has 1 aromatic heterocycles. The SMILES string of the molecule is CCCCC1CC(Cc2c[nH]cn2)c2cc(-c3ccccc3O)ccc21. The Morgan fingerprint density at radius 3 is 2.77 bits per heavy atom. The average molecular weight is 346 g/mol. The van der Waals surface area contributed by atoms with Crippen molar-refractivity contribution in [3.05, 3.63) is 71.8 Å². The molecule has 2 aromatic carbocycles. The van der Waals surface area contributed by atoms with Crippen molar-refractivity contribution in [3.8, 4) is 16.9 Å². The Bertz CT molecular complexity index is 870. The number of aromatic amines is 1. The second-order valence-corrected chi connectivity index (χ2v) is 7.40. The Labute approximate surface area is 155 Å². The lowest BCUT2D eigenvalue weighted by molar-refractivity contribution is 0.477.